The first-order chi connectivity index (χ1) is 9.18. The molecule has 0 aliphatic heterocycles. The summed E-state index contributed by atoms with van der Waals surface area (Å²) in [5, 5.41) is 0. The Morgan fingerprint density at radius 3 is 2.11 bits per heavy atom. The molecule has 0 heterocycles. The van der Waals surface area contributed by atoms with E-state index >= 15 is 0 Å². The van der Waals surface area contributed by atoms with Crippen molar-refractivity contribution in [1.29, 1.82) is 0 Å². The quantitative estimate of drug-likeness (QED) is 0.437. The van der Waals surface area contributed by atoms with E-state index in [-0.39, 0.29) is 5.97 Å². The van der Waals surface area contributed by atoms with Gasteiger partial charge in [0, 0.05) is 17.9 Å². The summed E-state index contributed by atoms with van der Waals surface area (Å²) in [6.07, 6.45) is 13.3. The molecule has 4 fully saturated rings. The molecule has 4 bridgehead atoms. The molecule has 0 saturated heterocycles. The first-order valence-corrected chi connectivity index (χ1v) is 7.33. The van der Waals surface area contributed by atoms with E-state index in [9.17, 15) is 4.79 Å². The number of hydrogen-bond donors (Lipinski definition) is 0. The predicted octanol–water partition coefficient (Wildman–Crippen LogP) is 3.65. The molecule has 0 aromatic heterocycles. The van der Waals surface area contributed by atoms with Crippen molar-refractivity contribution >= 4 is 5.97 Å². The Kier molecular flexibility index (Phi) is 3.12. The second kappa shape index (κ2) is 4.66. The molecule has 0 aromatic carbocycles. The molecule has 0 amide bonds. The highest BCUT2D eigenvalue weighted by atomic mass is 16.6. The van der Waals surface area contributed by atoms with Gasteiger partial charge in [-0.1, -0.05) is 25.3 Å². The van der Waals surface area contributed by atoms with Gasteiger partial charge in [0.05, 0.1) is 0 Å². The van der Waals surface area contributed by atoms with E-state index in [2.05, 4.69) is 19.2 Å². The maximum Gasteiger partial charge on any atom is 0.331 e. The third kappa shape index (κ3) is 1.98. The summed E-state index contributed by atoms with van der Waals surface area (Å²) in [4.78, 5) is 11.8. The van der Waals surface area contributed by atoms with Gasteiger partial charge in [0.15, 0.2) is 0 Å². The Labute approximate surface area is 115 Å². The zero-order valence-corrected chi connectivity index (χ0v) is 11.4. The van der Waals surface area contributed by atoms with E-state index in [1.807, 2.05) is 6.08 Å². The van der Waals surface area contributed by atoms with Gasteiger partial charge in [0.25, 0.3) is 0 Å². The molecule has 4 aliphatic carbocycles. The van der Waals surface area contributed by atoms with Gasteiger partial charge in [-0.2, -0.15) is 0 Å². The zero-order chi connectivity index (χ0) is 13.5. The molecule has 2 nitrogen and oxygen atoms in total. The maximum absolute atomic E-state index is 11.8. The SMILES string of the molecule is C=CC=CC1(OC(=O)C=C)C2CC3CC(C2)CC1C3. The Hall–Kier alpha value is -1.31. The van der Waals surface area contributed by atoms with Crippen molar-refractivity contribution in [1.82, 2.24) is 0 Å². The molecule has 0 N–H and O–H groups in total. The van der Waals surface area contributed by atoms with Gasteiger partial charge in [0.2, 0.25) is 0 Å². The van der Waals surface area contributed by atoms with Crippen LogP contribution in [0.2, 0.25) is 0 Å². The average Bonchev–Trinajstić information content (AvgIpc) is 2.40. The van der Waals surface area contributed by atoms with Crippen LogP contribution in [0.25, 0.3) is 0 Å². The summed E-state index contributed by atoms with van der Waals surface area (Å²) in [7, 11) is 0. The molecule has 4 saturated carbocycles. The molecule has 19 heavy (non-hydrogen) atoms. The lowest BCUT2D eigenvalue weighted by molar-refractivity contribution is -0.187. The van der Waals surface area contributed by atoms with Gasteiger partial charge < -0.3 is 4.74 Å². The van der Waals surface area contributed by atoms with Crippen molar-refractivity contribution in [3.05, 3.63) is 37.5 Å². The molecule has 4 rings (SSSR count). The molecule has 0 atom stereocenters. The molecule has 102 valence electrons. The van der Waals surface area contributed by atoms with Crippen LogP contribution < -0.4 is 0 Å². The van der Waals surface area contributed by atoms with Crippen molar-refractivity contribution in [3.63, 3.8) is 0 Å². The molecular weight excluding hydrogens is 236 g/mol. The fraction of sp³-hybridized carbons (Fsp3) is 0.588. The average molecular weight is 258 g/mol. The van der Waals surface area contributed by atoms with Gasteiger partial charge in [-0.15, -0.1) is 0 Å². The van der Waals surface area contributed by atoms with Crippen molar-refractivity contribution in [2.75, 3.05) is 0 Å². The number of ether oxygens (including phenoxy) is 1. The highest BCUT2D eigenvalue weighted by Crippen LogP contribution is 2.60. The van der Waals surface area contributed by atoms with Gasteiger partial charge >= 0.3 is 5.97 Å². The van der Waals surface area contributed by atoms with Crippen LogP contribution in [0.4, 0.5) is 0 Å². The first-order valence-electron chi connectivity index (χ1n) is 7.33. The molecule has 0 unspecified atom stereocenters. The van der Waals surface area contributed by atoms with Crippen LogP contribution in [0.15, 0.2) is 37.5 Å². The largest absolute Gasteiger partial charge is 0.451 e. The van der Waals surface area contributed by atoms with E-state index in [1.54, 1.807) is 6.08 Å². The van der Waals surface area contributed by atoms with Crippen molar-refractivity contribution in [3.8, 4) is 0 Å². The minimum Gasteiger partial charge on any atom is -0.451 e. The van der Waals surface area contributed by atoms with E-state index in [0.717, 1.165) is 11.8 Å². The highest BCUT2D eigenvalue weighted by Gasteiger charge is 2.58. The Balaban J connectivity index is 1.94. The van der Waals surface area contributed by atoms with E-state index in [0.29, 0.717) is 11.8 Å². The van der Waals surface area contributed by atoms with Crippen molar-refractivity contribution in [2.24, 2.45) is 23.7 Å². The standard InChI is InChI=1S/C17H22O2/c1-3-5-6-17(19-16(18)4-2)14-8-12-7-13(10-14)11-15(17)9-12/h3-6,12-15H,1-2,7-11H2. The number of rotatable bonds is 4. The van der Waals surface area contributed by atoms with Crippen LogP contribution in [0.5, 0.6) is 0 Å². The summed E-state index contributed by atoms with van der Waals surface area (Å²) >= 11 is 0. The Bertz CT molecular complexity index is 405. The van der Waals surface area contributed by atoms with Gasteiger partial charge in [-0.25, -0.2) is 4.79 Å². The minimum atomic E-state index is -0.396. The fourth-order valence-electron chi connectivity index (χ4n) is 4.83. The zero-order valence-electron chi connectivity index (χ0n) is 11.4. The summed E-state index contributed by atoms with van der Waals surface area (Å²) in [5.41, 5.74) is -0.396. The maximum atomic E-state index is 11.8. The van der Waals surface area contributed by atoms with E-state index in [1.165, 1.54) is 38.2 Å². The van der Waals surface area contributed by atoms with E-state index < -0.39 is 5.60 Å². The topological polar surface area (TPSA) is 26.3 Å². The molecule has 0 radical (unpaired) electrons. The molecule has 0 aromatic rings. The van der Waals surface area contributed by atoms with Crippen LogP contribution >= 0.6 is 0 Å². The van der Waals surface area contributed by atoms with Crippen LogP contribution in [-0.4, -0.2) is 11.6 Å². The summed E-state index contributed by atoms with van der Waals surface area (Å²) in [6, 6.07) is 0. The van der Waals surface area contributed by atoms with Crippen LogP contribution in [0.1, 0.15) is 32.1 Å². The molecule has 2 heteroatoms. The van der Waals surface area contributed by atoms with Gasteiger partial charge in [0.1, 0.15) is 5.60 Å². The van der Waals surface area contributed by atoms with Crippen LogP contribution in [-0.2, 0) is 9.53 Å². The van der Waals surface area contributed by atoms with Crippen molar-refractivity contribution in [2.45, 2.75) is 37.7 Å². The molecular formula is C17H22O2. The number of allylic oxidation sites excluding steroid dienone is 2. The summed E-state index contributed by atoms with van der Waals surface area (Å²) in [5.74, 6) is 2.40. The second-order valence-corrected chi connectivity index (χ2v) is 6.38. The lowest BCUT2D eigenvalue weighted by Gasteiger charge is -2.59. The Morgan fingerprint density at radius 1 is 1.05 bits per heavy atom. The van der Waals surface area contributed by atoms with Gasteiger partial charge in [-0.05, 0) is 50.0 Å². The number of carbonyl (C=O) groups is 1. The van der Waals surface area contributed by atoms with E-state index in [4.69, 9.17) is 4.74 Å². The predicted molar refractivity (Wildman–Crippen MR) is 75.4 cm³/mol. The Morgan fingerprint density at radius 2 is 1.63 bits per heavy atom. The first kappa shape index (κ1) is 12.7. The number of esters is 1. The summed E-state index contributed by atoms with van der Waals surface area (Å²) in [6.45, 7) is 7.28. The monoisotopic (exact) mass is 258 g/mol. The normalized spacial score (nSPS) is 43.4. The van der Waals surface area contributed by atoms with Crippen LogP contribution in [0, 0.1) is 23.7 Å². The fourth-order valence-corrected chi connectivity index (χ4v) is 4.83. The van der Waals surface area contributed by atoms with Gasteiger partial charge in [-0.3, -0.25) is 0 Å². The molecule has 4 aliphatic rings. The number of carbonyl (C=O) groups excluding carboxylic acids is 1. The second-order valence-electron chi connectivity index (χ2n) is 6.38. The van der Waals surface area contributed by atoms with Crippen molar-refractivity contribution < 1.29 is 9.53 Å². The third-order valence-corrected chi connectivity index (χ3v) is 5.35. The number of hydrogen-bond acceptors (Lipinski definition) is 2. The minimum absolute atomic E-state index is 0.291. The molecule has 0 spiro atoms. The lowest BCUT2D eigenvalue weighted by Crippen LogP contribution is -2.58. The third-order valence-electron chi connectivity index (χ3n) is 5.35. The summed E-state index contributed by atoms with van der Waals surface area (Å²) < 4.78 is 5.87. The lowest BCUT2D eigenvalue weighted by atomic mass is 9.49. The highest BCUT2D eigenvalue weighted by molar-refractivity contribution is 5.81. The smallest absolute Gasteiger partial charge is 0.331 e. The van der Waals surface area contributed by atoms with Crippen LogP contribution in [0.3, 0.4) is 0 Å².